The van der Waals surface area contributed by atoms with E-state index in [-0.39, 0.29) is 6.10 Å². The largest absolute Gasteiger partial charge is 0.497 e. The Balaban J connectivity index is 1.88. The number of rotatable bonds is 7. The summed E-state index contributed by atoms with van der Waals surface area (Å²) in [7, 11) is 3.35. The molecule has 0 bridgehead atoms. The number of aliphatic hydroxyl groups is 1. The van der Waals surface area contributed by atoms with Crippen LogP contribution in [0.3, 0.4) is 0 Å². The van der Waals surface area contributed by atoms with Gasteiger partial charge in [0.15, 0.2) is 0 Å². The average molecular weight is 308 g/mol. The molecule has 1 aliphatic heterocycles. The highest BCUT2D eigenvalue weighted by molar-refractivity contribution is 5.38. The normalized spacial score (nSPS) is 18.2. The molecule has 0 aromatic heterocycles. The maximum Gasteiger partial charge on any atom is 0.122 e. The maximum atomic E-state index is 9.74. The monoisotopic (exact) mass is 308 g/mol. The van der Waals surface area contributed by atoms with Crippen LogP contribution in [0.15, 0.2) is 18.2 Å². The lowest BCUT2D eigenvalue weighted by molar-refractivity contribution is 0.0686. The van der Waals surface area contributed by atoms with Crippen molar-refractivity contribution in [2.75, 3.05) is 46.9 Å². The molecule has 1 atom stereocenters. The van der Waals surface area contributed by atoms with E-state index in [0.29, 0.717) is 0 Å². The van der Waals surface area contributed by atoms with E-state index in [2.05, 4.69) is 21.9 Å². The molecule has 0 saturated carbocycles. The summed E-state index contributed by atoms with van der Waals surface area (Å²) in [5.41, 5.74) is 1.21. The Labute approximate surface area is 133 Å². The average Bonchev–Trinajstić information content (AvgIpc) is 2.56. The Bertz CT molecular complexity index is 437. The molecule has 1 heterocycles. The number of ether oxygens (including phenoxy) is 2. The molecule has 1 fully saturated rings. The molecule has 1 saturated heterocycles. The van der Waals surface area contributed by atoms with E-state index in [1.807, 2.05) is 13.0 Å². The third-order valence-electron chi connectivity index (χ3n) is 4.22. The number of piperazine rings is 1. The summed E-state index contributed by atoms with van der Waals surface area (Å²) < 4.78 is 10.7. The fourth-order valence-electron chi connectivity index (χ4n) is 2.77. The number of hydrogen-bond donors (Lipinski definition) is 1. The molecule has 124 valence electrons. The molecule has 0 spiro atoms. The molecule has 5 heteroatoms. The predicted octanol–water partition coefficient (Wildman–Crippen LogP) is 1.59. The van der Waals surface area contributed by atoms with Gasteiger partial charge < -0.3 is 14.6 Å². The molecule has 1 unspecified atom stereocenters. The van der Waals surface area contributed by atoms with Crippen molar-refractivity contribution < 1.29 is 14.6 Å². The van der Waals surface area contributed by atoms with Crippen molar-refractivity contribution in [2.24, 2.45) is 0 Å². The minimum absolute atomic E-state index is 0.200. The van der Waals surface area contributed by atoms with Gasteiger partial charge in [-0.15, -0.1) is 0 Å². The predicted molar refractivity (Wildman–Crippen MR) is 87.6 cm³/mol. The first-order chi connectivity index (χ1) is 10.6. The smallest absolute Gasteiger partial charge is 0.122 e. The van der Waals surface area contributed by atoms with Crippen molar-refractivity contribution in [2.45, 2.75) is 26.0 Å². The Morgan fingerprint density at radius 2 is 1.55 bits per heavy atom. The quantitative estimate of drug-likeness (QED) is 0.829. The van der Waals surface area contributed by atoms with E-state index in [0.717, 1.165) is 57.2 Å². The topological polar surface area (TPSA) is 45.2 Å². The van der Waals surface area contributed by atoms with E-state index >= 15 is 0 Å². The second-order valence-corrected chi connectivity index (χ2v) is 5.86. The van der Waals surface area contributed by atoms with Crippen LogP contribution in [0, 0.1) is 0 Å². The minimum atomic E-state index is -0.200. The molecule has 1 aliphatic rings. The highest BCUT2D eigenvalue weighted by Crippen LogP contribution is 2.23. The second kappa shape index (κ2) is 8.36. The number of nitrogens with zero attached hydrogens (tertiary/aromatic N) is 2. The van der Waals surface area contributed by atoms with E-state index < -0.39 is 0 Å². The van der Waals surface area contributed by atoms with Crippen LogP contribution in [0.2, 0.25) is 0 Å². The first kappa shape index (κ1) is 17.1. The molecule has 2 rings (SSSR count). The van der Waals surface area contributed by atoms with Crippen molar-refractivity contribution >= 4 is 0 Å². The van der Waals surface area contributed by atoms with Gasteiger partial charge in [0, 0.05) is 45.3 Å². The SMILES string of the molecule is CCC(O)CN1CCN(Cc2cc(OC)cc(OC)c2)CC1. The summed E-state index contributed by atoms with van der Waals surface area (Å²) in [6.07, 6.45) is 0.623. The zero-order valence-electron chi connectivity index (χ0n) is 13.9. The third kappa shape index (κ3) is 4.87. The number of β-amino-alcohol motifs (C(OH)–C–C–N with tert-alkyl or cyclic N) is 1. The van der Waals surface area contributed by atoms with Crippen molar-refractivity contribution in [3.05, 3.63) is 23.8 Å². The van der Waals surface area contributed by atoms with Gasteiger partial charge in [-0.1, -0.05) is 6.92 Å². The Morgan fingerprint density at radius 3 is 2.05 bits per heavy atom. The summed E-state index contributed by atoms with van der Waals surface area (Å²) in [5.74, 6) is 1.66. The van der Waals surface area contributed by atoms with Crippen LogP contribution in [0.1, 0.15) is 18.9 Å². The maximum absolute atomic E-state index is 9.74. The highest BCUT2D eigenvalue weighted by Gasteiger charge is 2.19. The van der Waals surface area contributed by atoms with Crippen LogP contribution in [-0.2, 0) is 6.54 Å². The molecule has 1 aromatic rings. The van der Waals surface area contributed by atoms with Gasteiger partial charge in [0.2, 0.25) is 0 Å². The molecule has 0 amide bonds. The Morgan fingerprint density at radius 1 is 1.00 bits per heavy atom. The van der Waals surface area contributed by atoms with Crippen LogP contribution >= 0.6 is 0 Å². The lowest BCUT2D eigenvalue weighted by atomic mass is 10.1. The number of methoxy groups -OCH3 is 2. The first-order valence-electron chi connectivity index (χ1n) is 7.99. The Kier molecular flexibility index (Phi) is 6.49. The minimum Gasteiger partial charge on any atom is -0.497 e. The zero-order valence-corrected chi connectivity index (χ0v) is 13.9. The van der Waals surface area contributed by atoms with Gasteiger partial charge in [0.1, 0.15) is 11.5 Å². The van der Waals surface area contributed by atoms with Crippen LogP contribution < -0.4 is 9.47 Å². The molecule has 0 radical (unpaired) electrons. The van der Waals surface area contributed by atoms with Crippen LogP contribution in [0.4, 0.5) is 0 Å². The summed E-state index contributed by atoms with van der Waals surface area (Å²) >= 11 is 0. The fraction of sp³-hybridized carbons (Fsp3) is 0.647. The van der Waals surface area contributed by atoms with Crippen molar-refractivity contribution in [3.63, 3.8) is 0 Å². The standard InChI is InChI=1S/C17H28N2O3/c1-4-15(20)13-19-7-5-18(6-8-19)12-14-9-16(21-2)11-17(10-14)22-3/h9-11,15,20H,4-8,12-13H2,1-3H3. The number of benzene rings is 1. The van der Waals surface area contributed by atoms with E-state index in [9.17, 15) is 5.11 Å². The summed E-state index contributed by atoms with van der Waals surface area (Å²) in [5, 5.41) is 9.74. The fourth-order valence-corrected chi connectivity index (χ4v) is 2.77. The molecular formula is C17H28N2O3. The molecule has 1 aromatic carbocycles. The summed E-state index contributed by atoms with van der Waals surface area (Å²) in [6, 6.07) is 6.03. The van der Waals surface area contributed by atoms with Gasteiger partial charge in [-0.25, -0.2) is 0 Å². The molecule has 5 nitrogen and oxygen atoms in total. The van der Waals surface area contributed by atoms with Gasteiger partial charge in [-0.05, 0) is 24.1 Å². The van der Waals surface area contributed by atoms with E-state index in [1.165, 1.54) is 5.56 Å². The van der Waals surface area contributed by atoms with Crippen LogP contribution in [-0.4, -0.2) is 68.0 Å². The van der Waals surface area contributed by atoms with E-state index in [4.69, 9.17) is 9.47 Å². The summed E-state index contributed by atoms with van der Waals surface area (Å²) in [4.78, 5) is 4.78. The van der Waals surface area contributed by atoms with Gasteiger partial charge in [-0.3, -0.25) is 9.80 Å². The van der Waals surface area contributed by atoms with Crippen LogP contribution in [0.25, 0.3) is 0 Å². The summed E-state index contributed by atoms with van der Waals surface area (Å²) in [6.45, 7) is 7.79. The van der Waals surface area contributed by atoms with E-state index in [1.54, 1.807) is 14.2 Å². The van der Waals surface area contributed by atoms with Gasteiger partial charge >= 0.3 is 0 Å². The lowest BCUT2D eigenvalue weighted by Crippen LogP contribution is -2.48. The Hall–Kier alpha value is -1.30. The third-order valence-corrected chi connectivity index (χ3v) is 4.22. The van der Waals surface area contributed by atoms with Crippen molar-refractivity contribution in [1.82, 2.24) is 9.80 Å². The highest BCUT2D eigenvalue weighted by atomic mass is 16.5. The van der Waals surface area contributed by atoms with Crippen molar-refractivity contribution in [3.8, 4) is 11.5 Å². The first-order valence-corrected chi connectivity index (χ1v) is 7.99. The van der Waals surface area contributed by atoms with Gasteiger partial charge in [-0.2, -0.15) is 0 Å². The van der Waals surface area contributed by atoms with Crippen LogP contribution in [0.5, 0.6) is 11.5 Å². The lowest BCUT2D eigenvalue weighted by Gasteiger charge is -2.35. The second-order valence-electron chi connectivity index (χ2n) is 5.86. The molecular weight excluding hydrogens is 280 g/mol. The van der Waals surface area contributed by atoms with Gasteiger partial charge in [0.05, 0.1) is 20.3 Å². The van der Waals surface area contributed by atoms with Gasteiger partial charge in [0.25, 0.3) is 0 Å². The molecule has 0 aliphatic carbocycles. The number of hydrogen-bond acceptors (Lipinski definition) is 5. The number of aliphatic hydroxyl groups excluding tert-OH is 1. The molecule has 22 heavy (non-hydrogen) atoms. The zero-order chi connectivity index (χ0) is 15.9. The van der Waals surface area contributed by atoms with Crippen molar-refractivity contribution in [1.29, 1.82) is 0 Å². The molecule has 1 N–H and O–H groups in total.